The monoisotopic (exact) mass is 250 g/mol. The van der Waals surface area contributed by atoms with Gasteiger partial charge in [0.25, 0.3) is 0 Å². The van der Waals surface area contributed by atoms with Gasteiger partial charge in [-0.25, -0.2) is 0 Å². The SMILES string of the molecule is CC(C)(C)OC(=O)C[C@H](C(=O)O)c1ccccc1. The van der Waals surface area contributed by atoms with Crippen LogP contribution >= 0.6 is 0 Å². The molecule has 4 heteroatoms. The van der Waals surface area contributed by atoms with E-state index in [1.165, 1.54) is 0 Å². The van der Waals surface area contributed by atoms with Gasteiger partial charge in [-0.05, 0) is 26.3 Å². The number of carboxylic acid groups (broad SMARTS) is 1. The van der Waals surface area contributed by atoms with Crippen LogP contribution in [0.15, 0.2) is 30.3 Å². The predicted octanol–water partition coefficient (Wildman–Crippen LogP) is 2.59. The maximum atomic E-state index is 11.7. The van der Waals surface area contributed by atoms with Crippen LogP contribution in [0.4, 0.5) is 0 Å². The molecule has 0 fully saturated rings. The van der Waals surface area contributed by atoms with Crippen molar-refractivity contribution in [3.8, 4) is 0 Å². The molecule has 1 rings (SSSR count). The first kappa shape index (κ1) is 14.2. The molecule has 0 aromatic heterocycles. The number of ether oxygens (including phenoxy) is 1. The van der Waals surface area contributed by atoms with Crippen LogP contribution in [0.1, 0.15) is 38.7 Å². The lowest BCUT2D eigenvalue weighted by molar-refractivity contribution is -0.158. The van der Waals surface area contributed by atoms with Crippen LogP contribution in [0.3, 0.4) is 0 Å². The van der Waals surface area contributed by atoms with Gasteiger partial charge in [-0.15, -0.1) is 0 Å². The first-order valence-electron chi connectivity index (χ1n) is 5.79. The Morgan fingerprint density at radius 3 is 2.22 bits per heavy atom. The normalized spacial score (nSPS) is 12.8. The molecule has 0 amide bonds. The predicted molar refractivity (Wildman–Crippen MR) is 67.3 cm³/mol. The van der Waals surface area contributed by atoms with Gasteiger partial charge in [-0.3, -0.25) is 9.59 Å². The van der Waals surface area contributed by atoms with Crippen molar-refractivity contribution >= 4 is 11.9 Å². The van der Waals surface area contributed by atoms with Gasteiger partial charge in [0.2, 0.25) is 0 Å². The van der Waals surface area contributed by atoms with E-state index in [0.29, 0.717) is 5.56 Å². The zero-order valence-electron chi connectivity index (χ0n) is 10.8. The fourth-order valence-electron chi connectivity index (χ4n) is 1.58. The van der Waals surface area contributed by atoms with Gasteiger partial charge in [0.1, 0.15) is 5.60 Å². The first-order valence-corrected chi connectivity index (χ1v) is 5.79. The molecule has 0 spiro atoms. The summed E-state index contributed by atoms with van der Waals surface area (Å²) < 4.78 is 5.14. The number of carboxylic acids is 1. The molecule has 0 bridgehead atoms. The van der Waals surface area contributed by atoms with Crippen molar-refractivity contribution in [2.24, 2.45) is 0 Å². The van der Waals surface area contributed by atoms with Crippen LogP contribution in [0.25, 0.3) is 0 Å². The lowest BCUT2D eigenvalue weighted by Crippen LogP contribution is -2.26. The quantitative estimate of drug-likeness (QED) is 0.834. The minimum atomic E-state index is -1.02. The van der Waals surface area contributed by atoms with E-state index in [1.807, 2.05) is 0 Å². The standard InChI is InChI=1S/C14H18O4/c1-14(2,3)18-12(15)9-11(13(16)17)10-7-5-4-6-8-10/h4-8,11H,9H2,1-3H3,(H,16,17)/t11-/m0/s1. The van der Waals surface area contributed by atoms with Crippen LogP contribution in [-0.2, 0) is 14.3 Å². The van der Waals surface area contributed by atoms with E-state index in [4.69, 9.17) is 9.84 Å². The lowest BCUT2D eigenvalue weighted by Gasteiger charge is -2.21. The van der Waals surface area contributed by atoms with Crippen molar-refractivity contribution < 1.29 is 19.4 Å². The van der Waals surface area contributed by atoms with Crippen molar-refractivity contribution in [2.45, 2.75) is 38.7 Å². The fraction of sp³-hybridized carbons (Fsp3) is 0.429. The molecule has 0 aliphatic rings. The molecule has 0 heterocycles. The van der Waals surface area contributed by atoms with Crippen molar-refractivity contribution in [3.05, 3.63) is 35.9 Å². The Bertz CT molecular complexity index is 417. The fourth-order valence-corrected chi connectivity index (χ4v) is 1.58. The zero-order chi connectivity index (χ0) is 13.8. The molecule has 4 nitrogen and oxygen atoms in total. The minimum Gasteiger partial charge on any atom is -0.481 e. The van der Waals surface area contributed by atoms with Crippen LogP contribution < -0.4 is 0 Å². The summed E-state index contributed by atoms with van der Waals surface area (Å²) in [7, 11) is 0. The lowest BCUT2D eigenvalue weighted by atomic mass is 9.96. The molecule has 0 saturated heterocycles. The third kappa shape index (κ3) is 4.57. The Labute approximate surface area is 107 Å². The highest BCUT2D eigenvalue weighted by Crippen LogP contribution is 2.21. The van der Waals surface area contributed by atoms with Crippen molar-refractivity contribution in [3.63, 3.8) is 0 Å². The van der Waals surface area contributed by atoms with Gasteiger partial charge < -0.3 is 9.84 Å². The number of carbonyl (C=O) groups is 2. The summed E-state index contributed by atoms with van der Waals surface area (Å²) in [6.07, 6.45) is -0.156. The van der Waals surface area contributed by atoms with Gasteiger partial charge in [-0.2, -0.15) is 0 Å². The number of benzene rings is 1. The second-order valence-corrected chi connectivity index (χ2v) is 5.09. The molecule has 0 unspecified atom stereocenters. The molecule has 0 radical (unpaired) electrons. The second-order valence-electron chi connectivity index (χ2n) is 5.09. The first-order chi connectivity index (χ1) is 8.29. The molecular formula is C14H18O4. The summed E-state index contributed by atoms with van der Waals surface area (Å²) in [5.74, 6) is -2.38. The third-order valence-corrected chi connectivity index (χ3v) is 2.29. The highest BCUT2D eigenvalue weighted by Gasteiger charge is 2.26. The summed E-state index contributed by atoms with van der Waals surface area (Å²) in [5, 5.41) is 9.17. The van der Waals surface area contributed by atoms with Crippen molar-refractivity contribution in [1.29, 1.82) is 0 Å². The summed E-state index contributed by atoms with van der Waals surface area (Å²) in [5.41, 5.74) is 0.00690. The topological polar surface area (TPSA) is 63.6 Å². The van der Waals surface area contributed by atoms with Crippen LogP contribution in [0.2, 0.25) is 0 Å². The van der Waals surface area contributed by atoms with Crippen molar-refractivity contribution in [1.82, 2.24) is 0 Å². The van der Waals surface area contributed by atoms with Crippen molar-refractivity contribution in [2.75, 3.05) is 0 Å². The molecule has 1 N–H and O–H groups in total. The third-order valence-electron chi connectivity index (χ3n) is 2.29. The average molecular weight is 250 g/mol. The molecule has 98 valence electrons. The maximum Gasteiger partial charge on any atom is 0.311 e. The number of aliphatic carboxylic acids is 1. The van der Waals surface area contributed by atoms with E-state index in [2.05, 4.69) is 0 Å². The van der Waals surface area contributed by atoms with Gasteiger partial charge in [0, 0.05) is 0 Å². The van der Waals surface area contributed by atoms with E-state index in [1.54, 1.807) is 51.1 Å². The molecule has 1 atom stereocenters. The Hall–Kier alpha value is -1.84. The Balaban J connectivity index is 2.77. The average Bonchev–Trinajstić information content (AvgIpc) is 2.24. The van der Waals surface area contributed by atoms with Gasteiger partial charge in [0.05, 0.1) is 12.3 Å². The summed E-state index contributed by atoms with van der Waals surface area (Å²) >= 11 is 0. The summed E-state index contributed by atoms with van der Waals surface area (Å²) in [4.78, 5) is 22.9. The Morgan fingerprint density at radius 2 is 1.78 bits per heavy atom. The molecule has 18 heavy (non-hydrogen) atoms. The van der Waals surface area contributed by atoms with E-state index in [9.17, 15) is 9.59 Å². The summed E-state index contributed by atoms with van der Waals surface area (Å²) in [6.45, 7) is 5.26. The summed E-state index contributed by atoms with van der Waals surface area (Å²) in [6, 6.07) is 8.70. The molecule has 1 aromatic carbocycles. The van der Waals surface area contributed by atoms with E-state index in [-0.39, 0.29) is 6.42 Å². The Morgan fingerprint density at radius 1 is 1.22 bits per heavy atom. The largest absolute Gasteiger partial charge is 0.481 e. The number of esters is 1. The Kier molecular flexibility index (Phi) is 4.48. The molecule has 0 saturated carbocycles. The van der Waals surface area contributed by atoms with Crippen LogP contribution in [-0.4, -0.2) is 22.6 Å². The second kappa shape index (κ2) is 5.67. The molecule has 0 aliphatic carbocycles. The van der Waals surface area contributed by atoms with Crippen LogP contribution in [0.5, 0.6) is 0 Å². The van der Waals surface area contributed by atoms with Crippen LogP contribution in [0, 0.1) is 0 Å². The number of rotatable bonds is 4. The minimum absolute atomic E-state index is 0.156. The highest BCUT2D eigenvalue weighted by atomic mass is 16.6. The van der Waals surface area contributed by atoms with Gasteiger partial charge in [0.15, 0.2) is 0 Å². The number of hydrogen-bond donors (Lipinski definition) is 1. The van der Waals surface area contributed by atoms with Gasteiger partial charge >= 0.3 is 11.9 Å². The van der Waals surface area contributed by atoms with E-state index >= 15 is 0 Å². The molecule has 1 aromatic rings. The number of carbonyl (C=O) groups excluding carboxylic acids is 1. The van der Waals surface area contributed by atoms with Gasteiger partial charge in [-0.1, -0.05) is 30.3 Å². The maximum absolute atomic E-state index is 11.7. The molecule has 0 aliphatic heterocycles. The van der Waals surface area contributed by atoms with E-state index < -0.39 is 23.5 Å². The zero-order valence-corrected chi connectivity index (χ0v) is 10.8. The number of hydrogen-bond acceptors (Lipinski definition) is 3. The van der Waals surface area contributed by atoms with E-state index in [0.717, 1.165) is 0 Å². The highest BCUT2D eigenvalue weighted by molar-refractivity contribution is 5.83. The molecular weight excluding hydrogens is 232 g/mol. The smallest absolute Gasteiger partial charge is 0.311 e.